The molecule has 0 spiro atoms. The fourth-order valence-electron chi connectivity index (χ4n) is 1.34. The van der Waals surface area contributed by atoms with Crippen LogP contribution in [0.1, 0.15) is 5.82 Å². The van der Waals surface area contributed by atoms with Crippen molar-refractivity contribution in [1.29, 1.82) is 0 Å². The number of sulfonamides is 1. The lowest BCUT2D eigenvalue weighted by Gasteiger charge is -2.09. The van der Waals surface area contributed by atoms with Gasteiger partial charge in [0.25, 0.3) is 0 Å². The van der Waals surface area contributed by atoms with E-state index < -0.39 is 10.0 Å². The summed E-state index contributed by atoms with van der Waals surface area (Å²) in [5, 5.41) is 12.9. The van der Waals surface area contributed by atoms with E-state index in [9.17, 15) is 8.42 Å². The highest BCUT2D eigenvalue weighted by Gasteiger charge is 2.19. The zero-order chi connectivity index (χ0) is 13.0. The maximum atomic E-state index is 12.0. The highest BCUT2D eigenvalue weighted by Crippen LogP contribution is 2.22. The Kier molecular flexibility index (Phi) is 3.53. The van der Waals surface area contributed by atoms with Crippen LogP contribution in [0.25, 0.3) is 0 Å². The molecule has 9 heteroatoms. The summed E-state index contributed by atoms with van der Waals surface area (Å²) < 4.78 is 31.4. The lowest BCUT2D eigenvalue weighted by Crippen LogP contribution is -2.24. The third kappa shape index (κ3) is 2.63. The number of nitrogens with zero attached hydrogens (tertiary/aromatic N) is 3. The van der Waals surface area contributed by atoms with Crippen molar-refractivity contribution in [3.8, 4) is 5.75 Å². The van der Waals surface area contributed by atoms with Crippen LogP contribution in [0.3, 0.4) is 0 Å². The van der Waals surface area contributed by atoms with Crippen molar-refractivity contribution >= 4 is 10.0 Å². The summed E-state index contributed by atoms with van der Waals surface area (Å²) in [6, 6.07) is 6.34. The minimum Gasteiger partial charge on any atom is -0.495 e. The topological polar surface area (TPSA) is 110 Å². The highest BCUT2D eigenvalue weighted by atomic mass is 32.2. The average molecular weight is 269 g/mol. The number of methoxy groups -OCH3 is 1. The maximum absolute atomic E-state index is 12.0. The van der Waals surface area contributed by atoms with E-state index in [0.717, 1.165) is 0 Å². The van der Waals surface area contributed by atoms with Crippen LogP contribution >= 0.6 is 0 Å². The molecular weight excluding hydrogens is 258 g/mol. The van der Waals surface area contributed by atoms with Gasteiger partial charge in [0.05, 0.1) is 13.7 Å². The molecule has 96 valence electrons. The van der Waals surface area contributed by atoms with E-state index in [2.05, 4.69) is 25.3 Å². The molecule has 1 aromatic carbocycles. The molecule has 0 saturated carbocycles. The molecule has 2 N–H and O–H groups in total. The van der Waals surface area contributed by atoms with Gasteiger partial charge < -0.3 is 4.74 Å². The minimum absolute atomic E-state index is 0.0448. The molecule has 0 aliphatic heterocycles. The Labute approximate surface area is 103 Å². The van der Waals surface area contributed by atoms with E-state index in [1.165, 1.54) is 13.2 Å². The first-order valence-electron chi connectivity index (χ1n) is 4.98. The number of aromatic nitrogens is 4. The van der Waals surface area contributed by atoms with E-state index in [1.54, 1.807) is 18.2 Å². The molecule has 0 fully saturated rings. The molecule has 0 amide bonds. The van der Waals surface area contributed by atoms with E-state index >= 15 is 0 Å². The summed E-state index contributed by atoms with van der Waals surface area (Å²) in [6.07, 6.45) is 0. The highest BCUT2D eigenvalue weighted by molar-refractivity contribution is 7.89. The average Bonchev–Trinajstić information content (AvgIpc) is 2.89. The van der Waals surface area contributed by atoms with Gasteiger partial charge >= 0.3 is 0 Å². The number of tetrazole rings is 1. The molecule has 2 rings (SSSR count). The number of benzene rings is 1. The van der Waals surface area contributed by atoms with Crippen LogP contribution in [-0.4, -0.2) is 36.2 Å². The Morgan fingerprint density at radius 3 is 2.83 bits per heavy atom. The van der Waals surface area contributed by atoms with Gasteiger partial charge in [-0.2, -0.15) is 5.21 Å². The lowest BCUT2D eigenvalue weighted by atomic mass is 10.3. The molecule has 1 heterocycles. The second-order valence-corrected chi connectivity index (χ2v) is 5.04. The first kappa shape index (κ1) is 12.5. The Bertz CT molecular complexity index is 611. The molecule has 0 unspecified atom stereocenters. The lowest BCUT2D eigenvalue weighted by molar-refractivity contribution is 0.402. The third-order valence-electron chi connectivity index (χ3n) is 2.17. The molecule has 0 atom stereocenters. The van der Waals surface area contributed by atoms with Crippen molar-refractivity contribution in [2.45, 2.75) is 11.4 Å². The van der Waals surface area contributed by atoms with Crippen molar-refractivity contribution in [2.24, 2.45) is 0 Å². The van der Waals surface area contributed by atoms with Crippen LogP contribution in [0, 0.1) is 0 Å². The molecule has 2 aromatic rings. The van der Waals surface area contributed by atoms with E-state index in [0.29, 0.717) is 0 Å². The zero-order valence-corrected chi connectivity index (χ0v) is 10.3. The number of aromatic amines is 1. The first-order valence-corrected chi connectivity index (χ1v) is 6.47. The second kappa shape index (κ2) is 5.10. The summed E-state index contributed by atoms with van der Waals surface area (Å²) in [4.78, 5) is 0.0657. The van der Waals surface area contributed by atoms with Crippen molar-refractivity contribution in [3.63, 3.8) is 0 Å². The Morgan fingerprint density at radius 1 is 1.39 bits per heavy atom. The van der Waals surface area contributed by atoms with Crippen LogP contribution in [0.15, 0.2) is 29.2 Å². The SMILES string of the molecule is COc1ccccc1S(=O)(=O)NCc1nn[nH]n1. The van der Waals surface area contributed by atoms with Gasteiger partial charge in [0, 0.05) is 0 Å². The summed E-state index contributed by atoms with van der Waals surface area (Å²) in [5.41, 5.74) is 0. The van der Waals surface area contributed by atoms with Crippen LogP contribution in [0.4, 0.5) is 0 Å². The number of hydrogen-bond donors (Lipinski definition) is 2. The maximum Gasteiger partial charge on any atom is 0.244 e. The number of para-hydroxylation sites is 1. The normalized spacial score (nSPS) is 11.4. The third-order valence-corrected chi connectivity index (χ3v) is 3.61. The first-order chi connectivity index (χ1) is 8.63. The number of ether oxygens (including phenoxy) is 1. The summed E-state index contributed by atoms with van der Waals surface area (Å²) in [6.45, 7) is -0.0448. The van der Waals surface area contributed by atoms with Crippen molar-refractivity contribution < 1.29 is 13.2 Å². The quantitative estimate of drug-likeness (QED) is 0.770. The largest absolute Gasteiger partial charge is 0.495 e. The van der Waals surface area contributed by atoms with Gasteiger partial charge in [-0.15, -0.1) is 10.2 Å². The van der Waals surface area contributed by atoms with Gasteiger partial charge in [-0.3, -0.25) is 0 Å². The van der Waals surface area contributed by atoms with E-state index in [4.69, 9.17) is 4.74 Å². The summed E-state index contributed by atoms with van der Waals surface area (Å²) in [5.74, 6) is 0.534. The van der Waals surface area contributed by atoms with Gasteiger partial charge in [-0.25, -0.2) is 13.1 Å². The molecule has 0 saturated heterocycles. The van der Waals surface area contributed by atoms with Gasteiger partial charge in [0.1, 0.15) is 10.6 Å². The summed E-state index contributed by atoms with van der Waals surface area (Å²) in [7, 11) is -2.27. The number of rotatable bonds is 5. The fraction of sp³-hybridized carbons (Fsp3) is 0.222. The number of hydrogen-bond acceptors (Lipinski definition) is 6. The standard InChI is InChI=1S/C9H11N5O3S/c1-17-7-4-2-3-5-8(7)18(15,16)10-6-9-11-13-14-12-9/h2-5,10H,6H2,1H3,(H,11,12,13,14). The van der Waals surface area contributed by atoms with Crippen LogP contribution in [0.2, 0.25) is 0 Å². The Balaban J connectivity index is 2.20. The summed E-state index contributed by atoms with van der Waals surface area (Å²) >= 11 is 0. The Morgan fingerprint density at radius 2 is 2.17 bits per heavy atom. The van der Waals surface area contributed by atoms with E-state index in [-0.39, 0.29) is 23.0 Å². The van der Waals surface area contributed by atoms with Crippen LogP contribution in [0.5, 0.6) is 5.75 Å². The van der Waals surface area contributed by atoms with Crippen molar-refractivity contribution in [3.05, 3.63) is 30.1 Å². The Hall–Kier alpha value is -2.00. The molecule has 0 bridgehead atoms. The van der Waals surface area contributed by atoms with Gasteiger partial charge in [0.15, 0.2) is 5.82 Å². The van der Waals surface area contributed by atoms with Gasteiger partial charge in [0.2, 0.25) is 10.0 Å². The van der Waals surface area contributed by atoms with Crippen molar-refractivity contribution in [2.75, 3.05) is 7.11 Å². The van der Waals surface area contributed by atoms with Gasteiger partial charge in [-0.1, -0.05) is 17.3 Å². The van der Waals surface area contributed by atoms with Crippen LogP contribution < -0.4 is 9.46 Å². The molecule has 0 radical (unpaired) electrons. The predicted octanol–water partition coefficient (Wildman–Crippen LogP) is -0.313. The van der Waals surface area contributed by atoms with Crippen LogP contribution in [-0.2, 0) is 16.6 Å². The zero-order valence-electron chi connectivity index (χ0n) is 9.49. The van der Waals surface area contributed by atoms with Crippen molar-refractivity contribution in [1.82, 2.24) is 25.3 Å². The molecule has 0 aliphatic rings. The minimum atomic E-state index is -3.68. The molecule has 18 heavy (non-hydrogen) atoms. The number of H-pyrrole nitrogens is 1. The molecule has 8 nitrogen and oxygen atoms in total. The predicted molar refractivity (Wildman–Crippen MR) is 61.2 cm³/mol. The molecular formula is C9H11N5O3S. The monoisotopic (exact) mass is 269 g/mol. The fourth-order valence-corrected chi connectivity index (χ4v) is 2.48. The van der Waals surface area contributed by atoms with E-state index in [1.807, 2.05) is 0 Å². The van der Waals surface area contributed by atoms with Gasteiger partial charge in [-0.05, 0) is 12.1 Å². The number of nitrogens with one attached hydrogen (secondary N) is 2. The second-order valence-electron chi connectivity index (χ2n) is 3.30. The molecule has 1 aromatic heterocycles. The molecule has 0 aliphatic carbocycles. The smallest absolute Gasteiger partial charge is 0.244 e.